The van der Waals surface area contributed by atoms with Crippen LogP contribution in [-0.4, -0.2) is 30.8 Å². The van der Waals surface area contributed by atoms with Crippen LogP contribution in [0, 0.1) is 20.8 Å². The molecule has 188 valence electrons. The zero-order valence-electron chi connectivity index (χ0n) is 20.6. The Morgan fingerprint density at radius 3 is 2.19 bits per heavy atom. The molecule has 0 aromatic heterocycles. The number of nitrogens with one attached hydrogen (secondary N) is 2. The molecule has 3 aromatic carbocycles. The maximum atomic E-state index is 13.1. The van der Waals surface area contributed by atoms with E-state index in [9.17, 15) is 19.2 Å². The number of aryl methyl sites for hydroxylation is 3. The zero-order valence-corrected chi connectivity index (χ0v) is 21.4. The summed E-state index contributed by atoms with van der Waals surface area (Å²) in [6.45, 7) is 5.85. The van der Waals surface area contributed by atoms with Gasteiger partial charge in [-0.05, 0) is 68.3 Å². The van der Waals surface area contributed by atoms with E-state index in [1.54, 1.807) is 24.3 Å². The van der Waals surface area contributed by atoms with Crippen LogP contribution in [-0.2, 0) is 14.3 Å². The lowest BCUT2D eigenvalue weighted by atomic mass is 10.0. The van der Waals surface area contributed by atoms with Crippen molar-refractivity contribution in [2.45, 2.75) is 20.8 Å². The number of esters is 1. The molecular formula is C28H24ClN3O5. The first-order valence-corrected chi connectivity index (χ1v) is 11.7. The smallest absolute Gasteiger partial charge is 0.337 e. The van der Waals surface area contributed by atoms with E-state index in [0.29, 0.717) is 11.3 Å². The van der Waals surface area contributed by atoms with Crippen molar-refractivity contribution < 1.29 is 23.9 Å². The average molecular weight is 518 g/mol. The van der Waals surface area contributed by atoms with Crippen LogP contribution in [0.15, 0.2) is 71.4 Å². The van der Waals surface area contributed by atoms with Crippen molar-refractivity contribution in [3.63, 3.8) is 0 Å². The lowest BCUT2D eigenvalue weighted by Crippen LogP contribution is -2.32. The summed E-state index contributed by atoms with van der Waals surface area (Å²) in [5.41, 5.74) is 4.68. The van der Waals surface area contributed by atoms with Crippen molar-refractivity contribution in [2.75, 3.05) is 22.6 Å². The monoisotopic (exact) mass is 517 g/mol. The third-order valence-corrected chi connectivity index (χ3v) is 6.21. The molecule has 1 aliphatic heterocycles. The van der Waals surface area contributed by atoms with Crippen molar-refractivity contribution in [2.24, 2.45) is 0 Å². The maximum Gasteiger partial charge on any atom is 0.337 e. The number of nitrogens with zero attached hydrogens (tertiary/aromatic N) is 1. The minimum absolute atomic E-state index is 0.141. The second kappa shape index (κ2) is 10.3. The number of carbonyl (C=O) groups is 4. The predicted molar refractivity (Wildman–Crippen MR) is 142 cm³/mol. The number of anilines is 3. The third-order valence-electron chi connectivity index (χ3n) is 5.86. The molecule has 3 aromatic rings. The molecule has 8 nitrogen and oxygen atoms in total. The Morgan fingerprint density at radius 2 is 1.51 bits per heavy atom. The van der Waals surface area contributed by atoms with Gasteiger partial charge in [-0.15, -0.1) is 0 Å². The van der Waals surface area contributed by atoms with Gasteiger partial charge in [0.1, 0.15) is 10.7 Å². The number of carbonyl (C=O) groups excluding carboxylic acids is 4. The molecule has 37 heavy (non-hydrogen) atoms. The van der Waals surface area contributed by atoms with E-state index in [2.05, 4.69) is 10.6 Å². The maximum absolute atomic E-state index is 13.1. The van der Waals surface area contributed by atoms with E-state index in [0.717, 1.165) is 27.3 Å². The summed E-state index contributed by atoms with van der Waals surface area (Å²) >= 11 is 6.24. The van der Waals surface area contributed by atoms with E-state index >= 15 is 0 Å². The van der Waals surface area contributed by atoms with Crippen LogP contribution in [0.1, 0.15) is 37.4 Å². The molecule has 0 saturated heterocycles. The van der Waals surface area contributed by atoms with Gasteiger partial charge < -0.3 is 15.4 Å². The Balaban J connectivity index is 1.56. The Bertz CT molecular complexity index is 1470. The lowest BCUT2D eigenvalue weighted by molar-refractivity contribution is -0.120. The Kier molecular flexibility index (Phi) is 7.13. The van der Waals surface area contributed by atoms with Crippen LogP contribution in [0.4, 0.5) is 17.1 Å². The van der Waals surface area contributed by atoms with Gasteiger partial charge in [0.2, 0.25) is 0 Å². The molecule has 9 heteroatoms. The molecular weight excluding hydrogens is 494 g/mol. The van der Waals surface area contributed by atoms with Crippen molar-refractivity contribution in [1.29, 1.82) is 0 Å². The van der Waals surface area contributed by atoms with Gasteiger partial charge >= 0.3 is 5.97 Å². The minimum Gasteiger partial charge on any atom is -0.465 e. The SMILES string of the molecule is COC(=O)c1cccc(N2C(=O)C(Cl)=C(Nc3cccc(C(=O)Nc4c(C)cc(C)cc4C)c3)C2=O)c1. The highest BCUT2D eigenvalue weighted by Gasteiger charge is 2.39. The zero-order chi connectivity index (χ0) is 26.9. The number of hydrogen-bond acceptors (Lipinski definition) is 6. The second-order valence-electron chi connectivity index (χ2n) is 8.61. The molecule has 2 N–H and O–H groups in total. The fourth-order valence-corrected chi connectivity index (χ4v) is 4.39. The molecule has 0 spiro atoms. The van der Waals surface area contributed by atoms with Crippen LogP contribution in [0.3, 0.4) is 0 Å². The number of methoxy groups -OCH3 is 1. The number of amides is 3. The number of ether oxygens (including phenoxy) is 1. The highest BCUT2D eigenvalue weighted by atomic mass is 35.5. The average Bonchev–Trinajstić information content (AvgIpc) is 3.08. The van der Waals surface area contributed by atoms with Crippen LogP contribution >= 0.6 is 11.6 Å². The summed E-state index contributed by atoms with van der Waals surface area (Å²) in [6, 6.07) is 16.4. The highest BCUT2D eigenvalue weighted by molar-refractivity contribution is 6.53. The minimum atomic E-state index is -0.740. The predicted octanol–water partition coefficient (Wildman–Crippen LogP) is 5.09. The van der Waals surface area contributed by atoms with Crippen molar-refractivity contribution >= 4 is 52.4 Å². The molecule has 4 rings (SSSR count). The van der Waals surface area contributed by atoms with Crippen LogP contribution in [0.5, 0.6) is 0 Å². The molecule has 0 radical (unpaired) electrons. The van der Waals surface area contributed by atoms with Gasteiger partial charge in [0.15, 0.2) is 0 Å². The van der Waals surface area contributed by atoms with Gasteiger partial charge in [-0.1, -0.05) is 41.4 Å². The number of halogens is 1. The van der Waals surface area contributed by atoms with Crippen molar-refractivity contribution in [3.8, 4) is 0 Å². The Morgan fingerprint density at radius 1 is 0.865 bits per heavy atom. The lowest BCUT2D eigenvalue weighted by Gasteiger charge is -2.16. The first-order chi connectivity index (χ1) is 17.6. The Hall–Kier alpha value is -4.43. The molecule has 0 unspecified atom stereocenters. The summed E-state index contributed by atoms with van der Waals surface area (Å²) in [4.78, 5) is 51.7. The van der Waals surface area contributed by atoms with Gasteiger partial charge in [0.25, 0.3) is 17.7 Å². The molecule has 1 aliphatic rings. The van der Waals surface area contributed by atoms with Crippen molar-refractivity contribution in [1.82, 2.24) is 0 Å². The van der Waals surface area contributed by atoms with E-state index in [1.165, 1.54) is 31.4 Å². The molecule has 0 fully saturated rings. The molecule has 0 bridgehead atoms. The standard InChI is InChI=1S/C28H24ClN3O5/c1-15-11-16(2)23(17(3)12-15)31-25(33)18-7-5-9-20(13-18)30-24-22(29)26(34)32(27(24)35)21-10-6-8-19(14-21)28(36)37-4/h5-14,30H,1-4H3,(H,31,33). The first-order valence-electron chi connectivity index (χ1n) is 11.3. The number of hydrogen-bond donors (Lipinski definition) is 2. The number of rotatable bonds is 6. The molecule has 0 aliphatic carbocycles. The summed E-state index contributed by atoms with van der Waals surface area (Å²) in [5, 5.41) is 5.50. The third kappa shape index (κ3) is 5.10. The molecule has 3 amide bonds. The van der Waals surface area contributed by atoms with Gasteiger partial charge in [-0.2, -0.15) is 0 Å². The topological polar surface area (TPSA) is 105 Å². The molecule has 0 atom stereocenters. The van der Waals surface area contributed by atoms with Gasteiger partial charge in [-0.3, -0.25) is 14.4 Å². The second-order valence-corrected chi connectivity index (χ2v) is 8.99. The van der Waals surface area contributed by atoms with Crippen LogP contribution < -0.4 is 15.5 Å². The summed E-state index contributed by atoms with van der Waals surface area (Å²) < 4.78 is 4.71. The summed E-state index contributed by atoms with van der Waals surface area (Å²) in [5.74, 6) is -2.37. The quantitative estimate of drug-likeness (QED) is 0.349. The van der Waals surface area contributed by atoms with E-state index < -0.39 is 17.8 Å². The Labute approximate surface area is 218 Å². The van der Waals surface area contributed by atoms with Gasteiger partial charge in [-0.25, -0.2) is 9.69 Å². The van der Waals surface area contributed by atoms with E-state index in [4.69, 9.17) is 16.3 Å². The number of imide groups is 1. The highest BCUT2D eigenvalue weighted by Crippen LogP contribution is 2.31. The normalized spacial score (nSPS) is 13.2. The first kappa shape index (κ1) is 25.7. The molecule has 1 heterocycles. The largest absolute Gasteiger partial charge is 0.465 e. The van der Waals surface area contributed by atoms with E-state index in [1.807, 2.05) is 32.9 Å². The summed E-state index contributed by atoms with van der Waals surface area (Å²) in [6.07, 6.45) is 0. The summed E-state index contributed by atoms with van der Waals surface area (Å²) in [7, 11) is 1.24. The van der Waals surface area contributed by atoms with Gasteiger partial charge in [0.05, 0.1) is 18.4 Å². The number of benzene rings is 3. The van der Waals surface area contributed by atoms with Crippen LogP contribution in [0.2, 0.25) is 0 Å². The van der Waals surface area contributed by atoms with Crippen molar-refractivity contribution in [3.05, 3.63) is 99.2 Å². The fraction of sp³-hybridized carbons (Fsp3) is 0.143. The van der Waals surface area contributed by atoms with E-state index in [-0.39, 0.29) is 27.9 Å². The molecule has 0 saturated carbocycles. The van der Waals surface area contributed by atoms with Crippen LogP contribution in [0.25, 0.3) is 0 Å². The van der Waals surface area contributed by atoms with Gasteiger partial charge in [0, 0.05) is 16.9 Å². The fourth-order valence-electron chi connectivity index (χ4n) is 4.18.